The van der Waals surface area contributed by atoms with Crippen LogP contribution in [0, 0.1) is 0 Å². The fourth-order valence-electron chi connectivity index (χ4n) is 1.14. The number of likely N-dealkylation sites (N-methyl/N-ethyl adjacent to an activating group) is 1. The smallest absolute Gasteiger partial charge is 0.230 e. The summed E-state index contributed by atoms with van der Waals surface area (Å²) in [7, 11) is 3.98. The summed E-state index contributed by atoms with van der Waals surface area (Å²) in [6, 6.07) is 9.95. The van der Waals surface area contributed by atoms with Crippen molar-refractivity contribution in [3.05, 3.63) is 30.3 Å². The van der Waals surface area contributed by atoms with Gasteiger partial charge in [-0.05, 0) is 26.2 Å². The number of carbonyl (C=O) groups excluding carboxylic acids is 1. The highest BCUT2D eigenvalue weighted by Crippen LogP contribution is 2.15. The molecule has 0 fully saturated rings. The van der Waals surface area contributed by atoms with Crippen LogP contribution in [-0.4, -0.2) is 43.7 Å². The molecular formula is C12H19ClN2OS. The molecule has 1 N–H and O–H groups in total. The number of rotatable bonds is 6. The summed E-state index contributed by atoms with van der Waals surface area (Å²) in [5.74, 6) is 0.577. The maximum Gasteiger partial charge on any atom is 0.230 e. The van der Waals surface area contributed by atoms with Crippen LogP contribution in [0.15, 0.2) is 35.2 Å². The SMILES string of the molecule is CN(C)CCNC(=O)CSc1ccccc1.Cl. The minimum Gasteiger partial charge on any atom is -0.354 e. The Morgan fingerprint density at radius 1 is 1.29 bits per heavy atom. The Bertz CT molecular complexity index is 320. The lowest BCUT2D eigenvalue weighted by atomic mass is 10.4. The highest BCUT2D eigenvalue weighted by atomic mass is 35.5. The zero-order valence-corrected chi connectivity index (χ0v) is 11.8. The molecule has 0 aromatic heterocycles. The van der Waals surface area contributed by atoms with Gasteiger partial charge in [0.05, 0.1) is 5.75 Å². The summed E-state index contributed by atoms with van der Waals surface area (Å²) in [5, 5.41) is 2.88. The van der Waals surface area contributed by atoms with Crippen LogP contribution in [0.25, 0.3) is 0 Å². The lowest BCUT2D eigenvalue weighted by molar-refractivity contribution is -0.118. The first-order chi connectivity index (χ1) is 7.68. The van der Waals surface area contributed by atoms with Crippen molar-refractivity contribution in [3.63, 3.8) is 0 Å². The van der Waals surface area contributed by atoms with Crippen molar-refractivity contribution in [2.75, 3.05) is 32.9 Å². The summed E-state index contributed by atoms with van der Waals surface area (Å²) in [6.45, 7) is 1.59. The topological polar surface area (TPSA) is 32.3 Å². The van der Waals surface area contributed by atoms with Gasteiger partial charge in [0, 0.05) is 18.0 Å². The summed E-state index contributed by atoms with van der Waals surface area (Å²) in [5.41, 5.74) is 0. The van der Waals surface area contributed by atoms with Gasteiger partial charge in [-0.15, -0.1) is 24.2 Å². The number of hydrogen-bond acceptors (Lipinski definition) is 3. The van der Waals surface area contributed by atoms with Crippen molar-refractivity contribution in [2.45, 2.75) is 4.90 Å². The number of nitrogens with zero attached hydrogens (tertiary/aromatic N) is 1. The molecule has 0 aliphatic heterocycles. The number of halogens is 1. The zero-order chi connectivity index (χ0) is 11.8. The second kappa shape index (κ2) is 9.33. The number of thioether (sulfide) groups is 1. The van der Waals surface area contributed by atoms with E-state index in [-0.39, 0.29) is 18.3 Å². The maximum atomic E-state index is 11.4. The van der Waals surface area contributed by atoms with Crippen LogP contribution in [0.3, 0.4) is 0 Å². The fourth-order valence-corrected chi connectivity index (χ4v) is 1.88. The van der Waals surface area contributed by atoms with E-state index < -0.39 is 0 Å². The summed E-state index contributed by atoms with van der Waals surface area (Å²) in [4.78, 5) is 14.6. The van der Waals surface area contributed by atoms with Gasteiger partial charge in [0.1, 0.15) is 0 Å². The lowest BCUT2D eigenvalue weighted by Crippen LogP contribution is -2.32. The average molecular weight is 275 g/mol. The van der Waals surface area contributed by atoms with Crippen molar-refractivity contribution < 1.29 is 4.79 Å². The second-order valence-corrected chi connectivity index (χ2v) is 4.80. The Morgan fingerprint density at radius 3 is 2.53 bits per heavy atom. The summed E-state index contributed by atoms with van der Waals surface area (Å²) < 4.78 is 0. The third-order valence-corrected chi connectivity index (χ3v) is 3.01. The average Bonchev–Trinajstić information content (AvgIpc) is 2.27. The van der Waals surface area contributed by atoms with Gasteiger partial charge in [-0.1, -0.05) is 18.2 Å². The van der Waals surface area contributed by atoms with E-state index in [0.29, 0.717) is 12.3 Å². The van der Waals surface area contributed by atoms with Crippen LogP contribution < -0.4 is 5.32 Å². The highest BCUT2D eigenvalue weighted by molar-refractivity contribution is 8.00. The van der Waals surface area contributed by atoms with E-state index in [1.54, 1.807) is 11.8 Å². The molecule has 3 nitrogen and oxygen atoms in total. The zero-order valence-electron chi connectivity index (χ0n) is 10.2. The van der Waals surface area contributed by atoms with Crippen LogP contribution in [0.1, 0.15) is 0 Å². The lowest BCUT2D eigenvalue weighted by Gasteiger charge is -2.10. The number of hydrogen-bond donors (Lipinski definition) is 1. The second-order valence-electron chi connectivity index (χ2n) is 3.75. The van der Waals surface area contributed by atoms with Crippen molar-refractivity contribution in [1.82, 2.24) is 10.2 Å². The normalized spacial score (nSPS) is 9.82. The predicted octanol–water partition coefficient (Wildman–Crippen LogP) is 1.88. The van der Waals surface area contributed by atoms with E-state index in [1.165, 1.54) is 0 Å². The maximum absolute atomic E-state index is 11.4. The Balaban J connectivity index is 0.00000256. The molecule has 0 aliphatic carbocycles. The summed E-state index contributed by atoms with van der Waals surface area (Å²) >= 11 is 1.56. The quantitative estimate of drug-likeness (QED) is 0.804. The standard InChI is InChI=1S/C12H18N2OS.ClH/c1-14(2)9-8-13-12(15)10-16-11-6-4-3-5-7-11;/h3-7H,8-10H2,1-2H3,(H,13,15);1H. The first-order valence-electron chi connectivity index (χ1n) is 5.28. The minimum absolute atomic E-state index is 0. The largest absolute Gasteiger partial charge is 0.354 e. The van der Waals surface area contributed by atoms with Gasteiger partial charge >= 0.3 is 0 Å². The molecular weight excluding hydrogens is 256 g/mol. The molecule has 1 aromatic rings. The molecule has 5 heteroatoms. The number of amides is 1. The van der Waals surface area contributed by atoms with Crippen LogP contribution in [0.5, 0.6) is 0 Å². The predicted molar refractivity (Wildman–Crippen MR) is 76.0 cm³/mol. The van der Waals surface area contributed by atoms with Crippen LogP contribution in [0.2, 0.25) is 0 Å². The van der Waals surface area contributed by atoms with E-state index >= 15 is 0 Å². The van der Waals surface area contributed by atoms with Gasteiger partial charge in [-0.2, -0.15) is 0 Å². The van der Waals surface area contributed by atoms with Gasteiger partial charge in [0.15, 0.2) is 0 Å². The molecule has 1 amide bonds. The third kappa shape index (κ3) is 8.07. The van der Waals surface area contributed by atoms with E-state index in [2.05, 4.69) is 5.32 Å². The molecule has 1 aromatic carbocycles. The molecule has 0 unspecified atom stereocenters. The van der Waals surface area contributed by atoms with Gasteiger partial charge in [-0.25, -0.2) is 0 Å². The molecule has 0 atom stereocenters. The molecule has 1 rings (SSSR count). The van der Waals surface area contributed by atoms with E-state index in [4.69, 9.17) is 0 Å². The summed E-state index contributed by atoms with van der Waals surface area (Å²) in [6.07, 6.45) is 0. The molecule has 0 bridgehead atoms. The third-order valence-electron chi connectivity index (χ3n) is 1.99. The first-order valence-corrected chi connectivity index (χ1v) is 6.26. The van der Waals surface area contributed by atoms with Crippen LogP contribution in [0.4, 0.5) is 0 Å². The van der Waals surface area contributed by atoms with Crippen LogP contribution in [-0.2, 0) is 4.79 Å². The molecule has 96 valence electrons. The Labute approximate surface area is 113 Å². The monoisotopic (exact) mass is 274 g/mol. The van der Waals surface area contributed by atoms with Crippen molar-refractivity contribution in [2.24, 2.45) is 0 Å². The minimum atomic E-state index is 0. The number of nitrogens with one attached hydrogen (secondary N) is 1. The molecule has 0 radical (unpaired) electrons. The van der Waals surface area contributed by atoms with Crippen molar-refractivity contribution in [3.8, 4) is 0 Å². The van der Waals surface area contributed by atoms with E-state index in [1.807, 2.05) is 49.3 Å². The number of carbonyl (C=O) groups is 1. The van der Waals surface area contributed by atoms with E-state index in [0.717, 1.165) is 11.4 Å². The van der Waals surface area contributed by atoms with Crippen molar-refractivity contribution in [1.29, 1.82) is 0 Å². The van der Waals surface area contributed by atoms with Gasteiger partial charge < -0.3 is 10.2 Å². The van der Waals surface area contributed by atoms with Crippen LogP contribution >= 0.6 is 24.2 Å². The Kier molecular flexibility index (Phi) is 8.94. The Hall–Kier alpha value is -0.710. The Morgan fingerprint density at radius 2 is 1.94 bits per heavy atom. The van der Waals surface area contributed by atoms with Gasteiger partial charge in [0.25, 0.3) is 0 Å². The number of benzene rings is 1. The fraction of sp³-hybridized carbons (Fsp3) is 0.417. The van der Waals surface area contributed by atoms with Gasteiger partial charge in [0.2, 0.25) is 5.91 Å². The molecule has 0 saturated carbocycles. The molecule has 0 spiro atoms. The molecule has 0 aliphatic rings. The first kappa shape index (κ1) is 16.3. The van der Waals surface area contributed by atoms with Gasteiger partial charge in [-0.3, -0.25) is 4.79 Å². The van der Waals surface area contributed by atoms with E-state index in [9.17, 15) is 4.79 Å². The van der Waals surface area contributed by atoms with Crippen molar-refractivity contribution >= 4 is 30.1 Å². The molecule has 0 saturated heterocycles. The highest BCUT2D eigenvalue weighted by Gasteiger charge is 2.01. The molecule has 0 heterocycles. The molecule has 17 heavy (non-hydrogen) atoms.